The molecule has 1 saturated carbocycles. The van der Waals surface area contributed by atoms with Gasteiger partial charge in [0.15, 0.2) is 11.7 Å². The van der Waals surface area contributed by atoms with Crippen LogP contribution in [0.3, 0.4) is 0 Å². The van der Waals surface area contributed by atoms with Crippen molar-refractivity contribution in [3.63, 3.8) is 0 Å². The summed E-state index contributed by atoms with van der Waals surface area (Å²) in [4.78, 5) is 21.8. The summed E-state index contributed by atoms with van der Waals surface area (Å²) in [7, 11) is 0. The Bertz CT molecular complexity index is 716. The maximum atomic E-state index is 12.6. The monoisotopic (exact) mass is 446 g/mol. The van der Waals surface area contributed by atoms with Gasteiger partial charge in [-0.3, -0.25) is 9.69 Å². The summed E-state index contributed by atoms with van der Waals surface area (Å²) >= 11 is 0. The highest BCUT2D eigenvalue weighted by molar-refractivity contribution is 5.80. The summed E-state index contributed by atoms with van der Waals surface area (Å²) in [5.41, 5.74) is 1.03. The van der Waals surface area contributed by atoms with E-state index in [1.165, 1.54) is 12.8 Å². The molecule has 0 unspecified atom stereocenters. The van der Waals surface area contributed by atoms with Crippen molar-refractivity contribution in [1.29, 1.82) is 0 Å². The standard InChI is InChI=1S/C24H42N6O2/c1-4-19(5-2)22-17-21(32-28-22)18-27-24(25-6-3)26-11-12-29-13-15-30(16-14-29)23(31)20-9-7-8-10-20/h17,19-20H,4-16,18H2,1-3H3,(H2,25,26,27). The molecule has 8 nitrogen and oxygen atoms in total. The van der Waals surface area contributed by atoms with Crippen LogP contribution in [-0.2, 0) is 11.3 Å². The summed E-state index contributed by atoms with van der Waals surface area (Å²) in [5.74, 6) is 2.73. The van der Waals surface area contributed by atoms with Crippen molar-refractivity contribution >= 4 is 11.9 Å². The number of carbonyl (C=O) groups excluding carboxylic acids is 1. The maximum absolute atomic E-state index is 12.6. The summed E-state index contributed by atoms with van der Waals surface area (Å²) < 4.78 is 5.49. The van der Waals surface area contributed by atoms with Gasteiger partial charge in [-0.1, -0.05) is 31.8 Å². The van der Waals surface area contributed by atoms with Crippen LogP contribution in [0.2, 0.25) is 0 Å². The van der Waals surface area contributed by atoms with Crippen LogP contribution in [0.1, 0.15) is 76.7 Å². The van der Waals surface area contributed by atoms with Crippen LogP contribution < -0.4 is 10.6 Å². The number of guanidine groups is 1. The van der Waals surface area contributed by atoms with Gasteiger partial charge < -0.3 is 20.1 Å². The van der Waals surface area contributed by atoms with Gasteiger partial charge in [0.1, 0.15) is 6.54 Å². The first-order chi connectivity index (χ1) is 15.6. The van der Waals surface area contributed by atoms with E-state index in [-0.39, 0.29) is 5.92 Å². The number of rotatable bonds is 10. The Kier molecular flexibility index (Phi) is 9.84. The minimum absolute atomic E-state index is 0.289. The van der Waals surface area contributed by atoms with Gasteiger partial charge in [-0.05, 0) is 32.6 Å². The molecule has 0 atom stereocenters. The van der Waals surface area contributed by atoms with E-state index in [1.54, 1.807) is 0 Å². The third-order valence-electron chi connectivity index (χ3n) is 6.83. The molecule has 3 rings (SSSR count). The predicted octanol–water partition coefficient (Wildman–Crippen LogP) is 2.97. The van der Waals surface area contributed by atoms with Crippen molar-refractivity contribution in [2.75, 3.05) is 45.8 Å². The van der Waals surface area contributed by atoms with Crippen LogP contribution in [0.5, 0.6) is 0 Å². The quantitative estimate of drug-likeness (QED) is 0.425. The molecule has 180 valence electrons. The van der Waals surface area contributed by atoms with Crippen molar-refractivity contribution in [3.05, 3.63) is 17.5 Å². The molecular weight excluding hydrogens is 404 g/mol. The fourth-order valence-electron chi connectivity index (χ4n) is 4.76. The smallest absolute Gasteiger partial charge is 0.225 e. The Balaban J connectivity index is 1.39. The molecule has 2 heterocycles. The lowest BCUT2D eigenvalue weighted by molar-refractivity contribution is -0.137. The molecule has 0 aromatic carbocycles. The van der Waals surface area contributed by atoms with Crippen LogP contribution in [-0.4, -0.2) is 72.6 Å². The Morgan fingerprint density at radius 3 is 2.53 bits per heavy atom. The van der Waals surface area contributed by atoms with Crippen LogP contribution in [0.25, 0.3) is 0 Å². The number of aliphatic imine (C=N–C) groups is 1. The number of carbonyl (C=O) groups is 1. The normalized spacial score (nSPS) is 18.5. The highest BCUT2D eigenvalue weighted by Gasteiger charge is 2.29. The molecule has 1 saturated heterocycles. The largest absolute Gasteiger partial charge is 0.359 e. The Morgan fingerprint density at radius 2 is 1.88 bits per heavy atom. The lowest BCUT2D eigenvalue weighted by Crippen LogP contribution is -2.51. The van der Waals surface area contributed by atoms with E-state index in [2.05, 4.69) is 51.4 Å². The molecule has 1 aliphatic heterocycles. The van der Waals surface area contributed by atoms with Crippen molar-refractivity contribution in [1.82, 2.24) is 25.6 Å². The summed E-state index contributed by atoms with van der Waals surface area (Å²) in [6, 6.07) is 2.04. The predicted molar refractivity (Wildman–Crippen MR) is 128 cm³/mol. The van der Waals surface area contributed by atoms with Crippen LogP contribution >= 0.6 is 0 Å². The number of hydrogen-bond acceptors (Lipinski definition) is 5. The van der Waals surface area contributed by atoms with Crippen molar-refractivity contribution in [2.24, 2.45) is 10.9 Å². The number of hydrogen-bond donors (Lipinski definition) is 2. The molecule has 1 aromatic rings. The van der Waals surface area contributed by atoms with Gasteiger partial charge >= 0.3 is 0 Å². The van der Waals surface area contributed by atoms with Crippen LogP contribution in [0, 0.1) is 5.92 Å². The average Bonchev–Trinajstić information content (AvgIpc) is 3.51. The van der Waals surface area contributed by atoms with E-state index >= 15 is 0 Å². The van der Waals surface area contributed by atoms with E-state index in [0.717, 1.165) is 88.9 Å². The Hall–Kier alpha value is -2.09. The first kappa shape index (κ1) is 24.6. The second kappa shape index (κ2) is 12.8. The molecule has 32 heavy (non-hydrogen) atoms. The van der Waals surface area contributed by atoms with Crippen LogP contribution in [0.4, 0.5) is 0 Å². The number of nitrogens with zero attached hydrogens (tertiary/aromatic N) is 4. The molecule has 1 amide bonds. The molecule has 2 aliphatic rings. The molecule has 2 fully saturated rings. The molecule has 1 aliphatic carbocycles. The topological polar surface area (TPSA) is 86.0 Å². The fourth-order valence-corrected chi connectivity index (χ4v) is 4.76. The minimum Gasteiger partial charge on any atom is -0.359 e. The second-order valence-corrected chi connectivity index (χ2v) is 9.00. The molecule has 0 radical (unpaired) electrons. The summed E-state index contributed by atoms with van der Waals surface area (Å²) in [6.07, 6.45) is 6.74. The van der Waals surface area contributed by atoms with Gasteiger partial charge in [0, 0.05) is 63.7 Å². The second-order valence-electron chi connectivity index (χ2n) is 9.00. The first-order valence-corrected chi connectivity index (χ1v) is 12.6. The van der Waals surface area contributed by atoms with Crippen molar-refractivity contribution in [2.45, 2.75) is 71.8 Å². The summed E-state index contributed by atoms with van der Waals surface area (Å²) in [5, 5.41) is 11.0. The van der Waals surface area contributed by atoms with E-state index < -0.39 is 0 Å². The zero-order valence-corrected chi connectivity index (χ0v) is 20.2. The number of aromatic nitrogens is 1. The van der Waals surface area contributed by atoms with Crippen molar-refractivity contribution in [3.8, 4) is 0 Å². The Labute approximate surface area is 193 Å². The lowest BCUT2D eigenvalue weighted by atomic mass is 9.99. The van der Waals surface area contributed by atoms with Gasteiger partial charge in [-0.25, -0.2) is 4.99 Å². The first-order valence-electron chi connectivity index (χ1n) is 12.6. The van der Waals surface area contributed by atoms with Gasteiger partial charge in [0.25, 0.3) is 0 Å². The van der Waals surface area contributed by atoms with Crippen molar-refractivity contribution < 1.29 is 9.32 Å². The SMILES string of the molecule is CCNC(=NCc1cc(C(CC)CC)no1)NCCN1CCN(C(=O)C2CCCC2)CC1. The molecule has 1 aromatic heterocycles. The average molecular weight is 447 g/mol. The highest BCUT2D eigenvalue weighted by atomic mass is 16.5. The lowest BCUT2D eigenvalue weighted by Gasteiger charge is -2.36. The van der Waals surface area contributed by atoms with Gasteiger partial charge in [0.2, 0.25) is 5.91 Å². The molecular formula is C24H42N6O2. The molecule has 0 bridgehead atoms. The van der Waals surface area contributed by atoms with Gasteiger partial charge in [0.05, 0.1) is 5.69 Å². The molecule has 2 N–H and O–H groups in total. The molecule has 8 heteroatoms. The molecule has 0 spiro atoms. The number of amides is 1. The zero-order chi connectivity index (χ0) is 22.8. The fraction of sp³-hybridized carbons (Fsp3) is 0.792. The van der Waals surface area contributed by atoms with E-state index in [9.17, 15) is 4.79 Å². The van der Waals surface area contributed by atoms with Gasteiger partial charge in [-0.15, -0.1) is 0 Å². The third-order valence-corrected chi connectivity index (χ3v) is 6.83. The number of nitrogens with one attached hydrogen (secondary N) is 2. The van der Waals surface area contributed by atoms with E-state index in [4.69, 9.17) is 4.52 Å². The highest BCUT2D eigenvalue weighted by Crippen LogP contribution is 2.27. The van der Waals surface area contributed by atoms with Crippen LogP contribution in [0.15, 0.2) is 15.6 Å². The van der Waals surface area contributed by atoms with E-state index in [0.29, 0.717) is 18.4 Å². The zero-order valence-electron chi connectivity index (χ0n) is 20.2. The van der Waals surface area contributed by atoms with Gasteiger partial charge in [-0.2, -0.15) is 0 Å². The maximum Gasteiger partial charge on any atom is 0.225 e. The minimum atomic E-state index is 0.289. The summed E-state index contributed by atoms with van der Waals surface area (Å²) in [6.45, 7) is 13.1. The third kappa shape index (κ3) is 6.95. The Morgan fingerprint density at radius 1 is 1.16 bits per heavy atom. The van der Waals surface area contributed by atoms with E-state index in [1.807, 2.05) is 6.07 Å². The number of piperazine rings is 1.